The maximum atomic E-state index is 12.6. The molecule has 3 aliphatic rings. The summed E-state index contributed by atoms with van der Waals surface area (Å²) in [6.45, 7) is 6.13. The summed E-state index contributed by atoms with van der Waals surface area (Å²) in [5, 5.41) is 9.16. The first-order valence-corrected chi connectivity index (χ1v) is 7.60. The van der Waals surface area contributed by atoms with E-state index >= 15 is 0 Å². The molecule has 6 heteroatoms. The third-order valence-corrected chi connectivity index (χ3v) is 5.18. The normalized spacial score (nSPS) is 34.4. The minimum atomic E-state index is -0.784. The molecule has 6 nitrogen and oxygen atoms in total. The van der Waals surface area contributed by atoms with Gasteiger partial charge in [-0.3, -0.25) is 9.69 Å². The Balaban J connectivity index is 1.63. The van der Waals surface area contributed by atoms with Gasteiger partial charge in [-0.15, -0.1) is 0 Å². The lowest BCUT2D eigenvalue weighted by molar-refractivity contribution is -0.142. The molecule has 3 unspecified atom stereocenters. The van der Waals surface area contributed by atoms with E-state index in [0.717, 1.165) is 26.2 Å². The Morgan fingerprint density at radius 2 is 1.90 bits per heavy atom. The number of amides is 2. The van der Waals surface area contributed by atoms with Gasteiger partial charge in [0.05, 0.1) is 5.92 Å². The summed E-state index contributed by atoms with van der Waals surface area (Å²) in [5.41, 5.74) is 0. The zero-order valence-corrected chi connectivity index (χ0v) is 12.0. The molecule has 0 saturated carbocycles. The number of likely N-dealkylation sites (tertiary alicyclic amines) is 1. The minimum absolute atomic E-state index is 0.0350. The minimum Gasteiger partial charge on any atom is -0.481 e. The monoisotopic (exact) mass is 281 g/mol. The summed E-state index contributed by atoms with van der Waals surface area (Å²) < 4.78 is 0. The predicted molar refractivity (Wildman–Crippen MR) is 73.5 cm³/mol. The van der Waals surface area contributed by atoms with Crippen LogP contribution in [0.25, 0.3) is 0 Å². The number of carbonyl (C=O) groups excluding carboxylic acids is 1. The Hall–Kier alpha value is -1.30. The fraction of sp³-hybridized carbons (Fsp3) is 0.857. The van der Waals surface area contributed by atoms with Crippen molar-refractivity contribution < 1.29 is 14.7 Å². The van der Waals surface area contributed by atoms with Gasteiger partial charge in [0.25, 0.3) is 0 Å². The Morgan fingerprint density at radius 1 is 1.10 bits per heavy atom. The van der Waals surface area contributed by atoms with Gasteiger partial charge in [-0.05, 0) is 32.7 Å². The molecule has 20 heavy (non-hydrogen) atoms. The molecular weight excluding hydrogens is 258 g/mol. The molecule has 2 amide bonds. The molecule has 3 saturated heterocycles. The first-order chi connectivity index (χ1) is 9.58. The number of carbonyl (C=O) groups is 2. The number of rotatable bonds is 1. The third-order valence-electron chi connectivity index (χ3n) is 5.18. The lowest BCUT2D eigenvalue weighted by Crippen LogP contribution is -2.56. The number of carboxylic acids is 1. The Kier molecular flexibility index (Phi) is 3.58. The summed E-state index contributed by atoms with van der Waals surface area (Å²) in [6.07, 6.45) is 2.98. The van der Waals surface area contributed by atoms with E-state index in [1.165, 1.54) is 12.8 Å². The van der Waals surface area contributed by atoms with Gasteiger partial charge in [0.15, 0.2) is 0 Å². The summed E-state index contributed by atoms with van der Waals surface area (Å²) in [7, 11) is 0. The predicted octanol–water partition coefficient (Wildman–Crippen LogP) is 0.681. The number of hydrogen-bond acceptors (Lipinski definition) is 3. The van der Waals surface area contributed by atoms with E-state index in [0.29, 0.717) is 19.0 Å². The summed E-state index contributed by atoms with van der Waals surface area (Å²) in [5.74, 6) is -1.19. The standard InChI is InChI=1S/C14H23N3O3/c1-10-12(13(18)19)4-6-17(10)14(20)16-8-7-15-5-2-3-11(15)9-16/h10-12H,2-9H2,1H3,(H,18,19). The van der Waals surface area contributed by atoms with Crippen molar-refractivity contribution in [1.29, 1.82) is 0 Å². The Labute approximate surface area is 119 Å². The van der Waals surface area contributed by atoms with Crippen molar-refractivity contribution in [2.45, 2.75) is 38.3 Å². The number of piperazine rings is 1. The lowest BCUT2D eigenvalue weighted by atomic mass is 10.0. The molecule has 3 atom stereocenters. The largest absolute Gasteiger partial charge is 0.481 e. The first kappa shape index (κ1) is 13.7. The topological polar surface area (TPSA) is 64.1 Å². The molecule has 0 aromatic heterocycles. The van der Waals surface area contributed by atoms with Gasteiger partial charge in [0, 0.05) is 38.3 Å². The van der Waals surface area contributed by atoms with Crippen LogP contribution in [0.1, 0.15) is 26.2 Å². The molecule has 1 N–H and O–H groups in total. The smallest absolute Gasteiger partial charge is 0.320 e. The molecule has 112 valence electrons. The number of carboxylic acid groups (broad SMARTS) is 1. The van der Waals surface area contributed by atoms with Crippen LogP contribution in [-0.2, 0) is 4.79 Å². The van der Waals surface area contributed by atoms with Gasteiger partial charge in [-0.1, -0.05) is 0 Å². The maximum absolute atomic E-state index is 12.6. The molecule has 3 fully saturated rings. The molecule has 0 aromatic rings. The average molecular weight is 281 g/mol. The van der Waals surface area contributed by atoms with Crippen LogP contribution >= 0.6 is 0 Å². The summed E-state index contributed by atoms with van der Waals surface area (Å²) in [6, 6.07) is 0.357. The van der Waals surface area contributed by atoms with Crippen LogP contribution in [0.15, 0.2) is 0 Å². The van der Waals surface area contributed by atoms with E-state index in [1.807, 2.05) is 11.8 Å². The van der Waals surface area contributed by atoms with Crippen LogP contribution in [-0.4, -0.2) is 76.6 Å². The zero-order chi connectivity index (χ0) is 14.3. The maximum Gasteiger partial charge on any atom is 0.320 e. The van der Waals surface area contributed by atoms with Gasteiger partial charge >= 0.3 is 12.0 Å². The van der Waals surface area contributed by atoms with Gasteiger partial charge in [-0.25, -0.2) is 4.79 Å². The first-order valence-electron chi connectivity index (χ1n) is 7.60. The lowest BCUT2D eigenvalue weighted by Gasteiger charge is -2.40. The highest BCUT2D eigenvalue weighted by atomic mass is 16.4. The van der Waals surface area contributed by atoms with Crippen molar-refractivity contribution in [2.24, 2.45) is 5.92 Å². The fourth-order valence-electron chi connectivity index (χ4n) is 3.89. The molecule has 3 aliphatic heterocycles. The molecule has 0 aliphatic carbocycles. The highest BCUT2D eigenvalue weighted by molar-refractivity contribution is 5.78. The highest BCUT2D eigenvalue weighted by Gasteiger charge is 2.41. The van der Waals surface area contributed by atoms with Crippen molar-refractivity contribution in [3.63, 3.8) is 0 Å². The number of urea groups is 1. The van der Waals surface area contributed by atoms with Crippen LogP contribution in [0.4, 0.5) is 4.79 Å². The average Bonchev–Trinajstić information content (AvgIpc) is 3.03. The second kappa shape index (κ2) is 5.24. The van der Waals surface area contributed by atoms with E-state index in [4.69, 9.17) is 5.11 Å². The quantitative estimate of drug-likeness (QED) is 0.768. The van der Waals surface area contributed by atoms with E-state index in [-0.39, 0.29) is 12.1 Å². The Bertz CT molecular complexity index is 414. The number of nitrogens with zero attached hydrogens (tertiary/aromatic N) is 3. The van der Waals surface area contributed by atoms with Crippen molar-refractivity contribution in [2.75, 3.05) is 32.7 Å². The van der Waals surface area contributed by atoms with Crippen molar-refractivity contribution in [3.8, 4) is 0 Å². The van der Waals surface area contributed by atoms with Crippen LogP contribution in [0.3, 0.4) is 0 Å². The second-order valence-electron chi connectivity index (χ2n) is 6.23. The number of fused-ring (bicyclic) bond motifs is 1. The molecule has 3 rings (SSSR count). The van der Waals surface area contributed by atoms with Crippen molar-refractivity contribution in [3.05, 3.63) is 0 Å². The molecule has 0 bridgehead atoms. The van der Waals surface area contributed by atoms with Gasteiger partial charge < -0.3 is 14.9 Å². The zero-order valence-electron chi connectivity index (χ0n) is 12.0. The van der Waals surface area contributed by atoms with E-state index in [1.54, 1.807) is 4.90 Å². The molecule has 0 aromatic carbocycles. The van der Waals surface area contributed by atoms with E-state index < -0.39 is 11.9 Å². The SMILES string of the molecule is CC1C(C(=O)O)CCN1C(=O)N1CCN2CCCC2C1. The van der Waals surface area contributed by atoms with Gasteiger partial charge in [0.1, 0.15) is 0 Å². The van der Waals surface area contributed by atoms with Crippen LogP contribution in [0, 0.1) is 5.92 Å². The summed E-state index contributed by atoms with van der Waals surface area (Å²) >= 11 is 0. The van der Waals surface area contributed by atoms with E-state index in [2.05, 4.69) is 4.90 Å². The molecule has 0 radical (unpaired) electrons. The van der Waals surface area contributed by atoms with E-state index in [9.17, 15) is 9.59 Å². The van der Waals surface area contributed by atoms with Crippen molar-refractivity contribution in [1.82, 2.24) is 14.7 Å². The second-order valence-corrected chi connectivity index (χ2v) is 6.23. The fourth-order valence-corrected chi connectivity index (χ4v) is 3.89. The number of hydrogen-bond donors (Lipinski definition) is 1. The summed E-state index contributed by atoms with van der Waals surface area (Å²) in [4.78, 5) is 29.9. The number of aliphatic carboxylic acids is 1. The molecular formula is C14H23N3O3. The van der Waals surface area contributed by atoms with Crippen LogP contribution in [0.5, 0.6) is 0 Å². The third kappa shape index (κ3) is 2.26. The van der Waals surface area contributed by atoms with Crippen LogP contribution in [0.2, 0.25) is 0 Å². The van der Waals surface area contributed by atoms with Gasteiger partial charge in [0.2, 0.25) is 0 Å². The highest BCUT2D eigenvalue weighted by Crippen LogP contribution is 2.27. The van der Waals surface area contributed by atoms with Crippen LogP contribution < -0.4 is 0 Å². The molecule has 3 heterocycles. The van der Waals surface area contributed by atoms with Crippen molar-refractivity contribution >= 4 is 12.0 Å². The Morgan fingerprint density at radius 3 is 2.60 bits per heavy atom. The van der Waals surface area contributed by atoms with Gasteiger partial charge in [-0.2, -0.15) is 0 Å². The molecule has 0 spiro atoms.